The summed E-state index contributed by atoms with van der Waals surface area (Å²) < 4.78 is 10.6. The van der Waals surface area contributed by atoms with Gasteiger partial charge in [-0.25, -0.2) is 0 Å². The molecule has 1 atom stereocenters. The van der Waals surface area contributed by atoms with Crippen LogP contribution in [0, 0.1) is 0 Å². The van der Waals surface area contributed by atoms with E-state index in [1.165, 1.54) is 89.9 Å². The minimum Gasteiger partial charge on any atom is -0.462 e. The van der Waals surface area contributed by atoms with Crippen LogP contribution in [0.4, 0.5) is 0 Å². The van der Waals surface area contributed by atoms with Gasteiger partial charge in [-0.05, 0) is 83.5 Å². The molecule has 0 aliphatic rings. The lowest BCUT2D eigenvalue weighted by molar-refractivity contribution is -0.161. The van der Waals surface area contributed by atoms with Crippen molar-refractivity contribution in [1.29, 1.82) is 0 Å². The predicted molar refractivity (Wildman–Crippen MR) is 223 cm³/mol. The summed E-state index contributed by atoms with van der Waals surface area (Å²) in [7, 11) is 0. The molecule has 0 aromatic carbocycles. The summed E-state index contributed by atoms with van der Waals surface area (Å²) in [5.74, 6) is -0.633. The van der Waals surface area contributed by atoms with E-state index in [-0.39, 0.29) is 25.2 Å². The third kappa shape index (κ3) is 40.1. The molecule has 0 aliphatic carbocycles. The summed E-state index contributed by atoms with van der Waals surface area (Å²) in [6, 6.07) is 0. The van der Waals surface area contributed by atoms with Gasteiger partial charge < -0.3 is 14.6 Å². The van der Waals surface area contributed by atoms with Crippen LogP contribution in [0.1, 0.15) is 194 Å². The maximum Gasteiger partial charge on any atom is 0.306 e. The zero-order valence-electron chi connectivity index (χ0n) is 33.8. The second kappa shape index (κ2) is 42.8. The maximum atomic E-state index is 12.2. The van der Waals surface area contributed by atoms with Crippen LogP contribution in [-0.2, 0) is 19.1 Å². The van der Waals surface area contributed by atoms with Crippen molar-refractivity contribution in [3.63, 3.8) is 0 Å². The van der Waals surface area contributed by atoms with Crippen molar-refractivity contribution in [3.8, 4) is 0 Å². The number of unbranched alkanes of at least 4 members (excludes halogenated alkanes) is 18. The maximum absolute atomic E-state index is 12.2. The summed E-state index contributed by atoms with van der Waals surface area (Å²) in [6.45, 7) is 3.99. The number of carbonyl (C=O) groups is 2. The molecule has 0 radical (unpaired) electrons. The monoisotopic (exact) mass is 725 g/mol. The second-order valence-electron chi connectivity index (χ2n) is 14.0. The third-order valence-corrected chi connectivity index (χ3v) is 8.98. The fourth-order valence-electron chi connectivity index (χ4n) is 5.75. The van der Waals surface area contributed by atoms with Crippen molar-refractivity contribution in [2.75, 3.05) is 13.2 Å². The molecule has 0 aliphatic heterocycles. The molecule has 0 rings (SSSR count). The molecule has 0 aromatic rings. The van der Waals surface area contributed by atoms with Crippen LogP contribution in [0.5, 0.6) is 0 Å². The number of allylic oxidation sites excluding steroid dienone is 12. The SMILES string of the molecule is CCC=CCC=CCC=CCC=CCC=CCCCCCC(=O)OC(CO)COC(=O)CCCCCCCCCCCC=CCCCCCCCC. The fourth-order valence-corrected chi connectivity index (χ4v) is 5.75. The Morgan fingerprint density at radius 2 is 0.827 bits per heavy atom. The van der Waals surface area contributed by atoms with Crippen LogP contribution in [0.3, 0.4) is 0 Å². The number of rotatable bonds is 38. The lowest BCUT2D eigenvalue weighted by atomic mass is 10.1. The zero-order valence-corrected chi connectivity index (χ0v) is 33.8. The Bertz CT molecular complexity index is 957. The molecule has 0 fully saturated rings. The van der Waals surface area contributed by atoms with E-state index in [1.54, 1.807) is 0 Å². The Morgan fingerprint density at radius 1 is 0.462 bits per heavy atom. The number of aliphatic hydroxyl groups is 1. The molecule has 298 valence electrons. The molecule has 0 bridgehead atoms. The van der Waals surface area contributed by atoms with Crippen molar-refractivity contribution in [3.05, 3.63) is 72.9 Å². The molecule has 1 N–H and O–H groups in total. The number of ether oxygens (including phenoxy) is 2. The molecule has 1 unspecified atom stereocenters. The van der Waals surface area contributed by atoms with Crippen LogP contribution in [-0.4, -0.2) is 36.4 Å². The first-order valence-corrected chi connectivity index (χ1v) is 21.5. The largest absolute Gasteiger partial charge is 0.462 e. The summed E-state index contributed by atoms with van der Waals surface area (Å²) in [4.78, 5) is 24.3. The number of esters is 2. The summed E-state index contributed by atoms with van der Waals surface area (Å²) in [6.07, 6.45) is 56.8. The van der Waals surface area contributed by atoms with Crippen LogP contribution >= 0.6 is 0 Å². The first-order valence-electron chi connectivity index (χ1n) is 21.5. The van der Waals surface area contributed by atoms with Gasteiger partial charge in [0.15, 0.2) is 6.10 Å². The van der Waals surface area contributed by atoms with Gasteiger partial charge in [-0.15, -0.1) is 0 Å². The highest BCUT2D eigenvalue weighted by atomic mass is 16.6. The van der Waals surface area contributed by atoms with E-state index in [2.05, 4.69) is 86.8 Å². The molecule has 5 heteroatoms. The molecule has 0 saturated carbocycles. The molecule has 0 heterocycles. The van der Waals surface area contributed by atoms with E-state index < -0.39 is 6.10 Å². The normalized spacial score (nSPS) is 12.9. The minimum absolute atomic E-state index is 0.0833. The molecule has 0 aromatic heterocycles. The molecular formula is C47H80O5. The van der Waals surface area contributed by atoms with Gasteiger partial charge in [0.25, 0.3) is 0 Å². The first kappa shape index (κ1) is 49.3. The Hall–Kier alpha value is -2.66. The Kier molecular flexibility index (Phi) is 40.6. The zero-order chi connectivity index (χ0) is 37.8. The van der Waals surface area contributed by atoms with Gasteiger partial charge in [-0.3, -0.25) is 9.59 Å². The van der Waals surface area contributed by atoms with Crippen LogP contribution in [0.2, 0.25) is 0 Å². The van der Waals surface area contributed by atoms with Gasteiger partial charge in [0.05, 0.1) is 6.61 Å². The fraction of sp³-hybridized carbons (Fsp3) is 0.702. The highest BCUT2D eigenvalue weighted by Gasteiger charge is 2.16. The number of hydrogen-bond acceptors (Lipinski definition) is 5. The predicted octanol–water partition coefficient (Wildman–Crippen LogP) is 13.7. The summed E-state index contributed by atoms with van der Waals surface area (Å²) in [5.41, 5.74) is 0. The van der Waals surface area contributed by atoms with Crippen molar-refractivity contribution in [2.24, 2.45) is 0 Å². The highest BCUT2D eigenvalue weighted by molar-refractivity contribution is 5.70. The summed E-state index contributed by atoms with van der Waals surface area (Å²) in [5, 5.41) is 9.58. The van der Waals surface area contributed by atoms with Crippen molar-refractivity contribution >= 4 is 11.9 Å². The van der Waals surface area contributed by atoms with Crippen molar-refractivity contribution in [2.45, 2.75) is 200 Å². The second-order valence-corrected chi connectivity index (χ2v) is 14.0. The lowest BCUT2D eigenvalue weighted by Crippen LogP contribution is -2.28. The van der Waals surface area contributed by atoms with E-state index in [4.69, 9.17) is 9.47 Å². The smallest absolute Gasteiger partial charge is 0.306 e. The molecule has 0 spiro atoms. The van der Waals surface area contributed by atoms with E-state index in [0.717, 1.165) is 77.0 Å². The molecular weight excluding hydrogens is 645 g/mol. The molecule has 0 amide bonds. The van der Waals surface area contributed by atoms with Crippen LogP contribution in [0.25, 0.3) is 0 Å². The Balaban J connectivity index is 3.62. The minimum atomic E-state index is -0.793. The van der Waals surface area contributed by atoms with Crippen molar-refractivity contribution in [1.82, 2.24) is 0 Å². The number of aliphatic hydroxyl groups excluding tert-OH is 1. The number of hydrogen-bond donors (Lipinski definition) is 1. The molecule has 5 nitrogen and oxygen atoms in total. The lowest BCUT2D eigenvalue weighted by Gasteiger charge is -2.15. The van der Waals surface area contributed by atoms with Gasteiger partial charge in [0.1, 0.15) is 6.61 Å². The van der Waals surface area contributed by atoms with E-state index in [9.17, 15) is 14.7 Å². The topological polar surface area (TPSA) is 72.8 Å². The van der Waals surface area contributed by atoms with E-state index in [1.807, 2.05) is 0 Å². The highest BCUT2D eigenvalue weighted by Crippen LogP contribution is 2.13. The van der Waals surface area contributed by atoms with Crippen molar-refractivity contribution < 1.29 is 24.2 Å². The molecule has 52 heavy (non-hydrogen) atoms. The van der Waals surface area contributed by atoms with E-state index >= 15 is 0 Å². The molecule has 0 saturated heterocycles. The summed E-state index contributed by atoms with van der Waals surface area (Å²) >= 11 is 0. The average Bonchev–Trinajstić information content (AvgIpc) is 3.15. The van der Waals surface area contributed by atoms with Crippen LogP contribution in [0.15, 0.2) is 72.9 Å². The third-order valence-electron chi connectivity index (χ3n) is 8.98. The van der Waals surface area contributed by atoms with Gasteiger partial charge in [0, 0.05) is 12.8 Å². The van der Waals surface area contributed by atoms with Gasteiger partial charge in [0.2, 0.25) is 0 Å². The first-order chi connectivity index (χ1) is 25.6. The Labute approximate surface area is 321 Å². The standard InChI is InChI=1S/C47H80O5/c1-3-5-7-9-11-13-15-17-19-21-23-25-27-29-31-33-35-37-39-41-46(49)51-44-45(43-48)52-47(50)42-40-38-36-34-32-30-28-26-24-22-20-18-16-14-12-10-8-6-4-2/h6,8,12,14,17-20,24,26,30,32,45,48H,3-5,7,9-11,13,15-16,21-23,25,27-29,31,33-44H2,1-2H3. The average molecular weight is 725 g/mol. The van der Waals surface area contributed by atoms with Gasteiger partial charge in [-0.2, -0.15) is 0 Å². The van der Waals surface area contributed by atoms with E-state index in [0.29, 0.717) is 12.8 Å². The van der Waals surface area contributed by atoms with Gasteiger partial charge >= 0.3 is 11.9 Å². The van der Waals surface area contributed by atoms with Crippen LogP contribution < -0.4 is 0 Å². The Morgan fingerprint density at radius 3 is 1.29 bits per heavy atom. The van der Waals surface area contributed by atoms with Gasteiger partial charge in [-0.1, -0.05) is 170 Å². The number of carbonyl (C=O) groups excluding carboxylic acids is 2. The quantitative estimate of drug-likeness (QED) is 0.0390.